The summed E-state index contributed by atoms with van der Waals surface area (Å²) in [7, 11) is 0. The number of ether oxygens (including phenoxy) is 1. The van der Waals surface area contributed by atoms with Gasteiger partial charge in [-0.2, -0.15) is 13.2 Å². The molecule has 0 radical (unpaired) electrons. The Morgan fingerprint density at radius 1 is 1.32 bits per heavy atom. The van der Waals surface area contributed by atoms with E-state index in [0.29, 0.717) is 19.8 Å². The summed E-state index contributed by atoms with van der Waals surface area (Å²) in [5.41, 5.74) is 0.572. The Morgan fingerprint density at radius 2 is 2.00 bits per heavy atom. The molecule has 1 aromatic carbocycles. The normalized spacial score (nSPS) is 11.6. The quantitative estimate of drug-likeness (QED) is 0.607. The number of hydrogen-bond acceptors (Lipinski definition) is 2. The highest BCUT2D eigenvalue weighted by atomic mass is 19.4. The zero-order valence-corrected chi connectivity index (χ0v) is 10.9. The molecule has 0 atom stereocenters. The van der Waals surface area contributed by atoms with Crippen molar-refractivity contribution in [2.75, 3.05) is 19.8 Å². The Hall–Kier alpha value is -1.33. The molecule has 1 N–H and O–H groups in total. The van der Waals surface area contributed by atoms with Crippen molar-refractivity contribution in [2.45, 2.75) is 19.6 Å². The Balaban J connectivity index is 2.39. The maximum absolute atomic E-state index is 12.7. The third-order valence-electron chi connectivity index (χ3n) is 2.41. The average molecular weight is 273 g/mol. The SMILES string of the molecule is C=C(C)COCCNCc1ccccc1C(F)(F)F. The van der Waals surface area contributed by atoms with Gasteiger partial charge in [0, 0.05) is 13.1 Å². The van der Waals surface area contributed by atoms with E-state index in [4.69, 9.17) is 4.74 Å². The van der Waals surface area contributed by atoms with Crippen molar-refractivity contribution in [3.63, 3.8) is 0 Å². The van der Waals surface area contributed by atoms with Crippen molar-refractivity contribution >= 4 is 0 Å². The van der Waals surface area contributed by atoms with E-state index in [1.165, 1.54) is 12.1 Å². The fourth-order valence-electron chi connectivity index (χ4n) is 1.56. The fourth-order valence-corrected chi connectivity index (χ4v) is 1.56. The van der Waals surface area contributed by atoms with E-state index in [9.17, 15) is 13.2 Å². The van der Waals surface area contributed by atoms with Gasteiger partial charge in [0.25, 0.3) is 0 Å². The van der Waals surface area contributed by atoms with E-state index in [-0.39, 0.29) is 12.1 Å². The molecule has 5 heteroatoms. The second kappa shape index (κ2) is 7.31. The van der Waals surface area contributed by atoms with E-state index >= 15 is 0 Å². The number of nitrogens with one attached hydrogen (secondary N) is 1. The fraction of sp³-hybridized carbons (Fsp3) is 0.429. The Kier molecular flexibility index (Phi) is 6.05. The van der Waals surface area contributed by atoms with Gasteiger partial charge in [0.2, 0.25) is 0 Å². The third-order valence-corrected chi connectivity index (χ3v) is 2.41. The summed E-state index contributed by atoms with van der Waals surface area (Å²) in [4.78, 5) is 0. The molecular weight excluding hydrogens is 255 g/mol. The molecule has 0 aromatic heterocycles. The standard InChI is InChI=1S/C14H18F3NO/c1-11(2)10-19-8-7-18-9-12-5-3-4-6-13(12)14(15,16)17/h3-6,18H,1,7-10H2,2H3. The summed E-state index contributed by atoms with van der Waals surface area (Å²) in [6.45, 7) is 7.13. The van der Waals surface area contributed by atoms with Gasteiger partial charge in [0.05, 0.1) is 18.8 Å². The van der Waals surface area contributed by atoms with Crippen LogP contribution in [0.25, 0.3) is 0 Å². The third kappa shape index (κ3) is 5.89. The van der Waals surface area contributed by atoms with Gasteiger partial charge >= 0.3 is 6.18 Å². The van der Waals surface area contributed by atoms with Crippen molar-refractivity contribution in [1.82, 2.24) is 5.32 Å². The molecule has 0 amide bonds. The maximum atomic E-state index is 12.7. The molecule has 0 aliphatic rings. The van der Waals surface area contributed by atoms with Gasteiger partial charge < -0.3 is 10.1 Å². The number of alkyl halides is 3. The van der Waals surface area contributed by atoms with Gasteiger partial charge in [-0.15, -0.1) is 0 Å². The summed E-state index contributed by atoms with van der Waals surface area (Å²) in [5, 5.41) is 2.93. The lowest BCUT2D eigenvalue weighted by molar-refractivity contribution is -0.138. The molecule has 0 aliphatic heterocycles. The predicted molar refractivity (Wildman–Crippen MR) is 68.8 cm³/mol. The molecular formula is C14H18F3NO. The first-order valence-electron chi connectivity index (χ1n) is 5.99. The molecule has 0 saturated carbocycles. The van der Waals surface area contributed by atoms with E-state index in [0.717, 1.165) is 11.6 Å². The Morgan fingerprint density at radius 3 is 2.63 bits per heavy atom. The molecule has 0 fully saturated rings. The highest BCUT2D eigenvalue weighted by Crippen LogP contribution is 2.31. The zero-order chi connectivity index (χ0) is 14.3. The van der Waals surface area contributed by atoms with Crippen molar-refractivity contribution in [1.29, 1.82) is 0 Å². The van der Waals surface area contributed by atoms with Crippen LogP contribution in [-0.4, -0.2) is 19.8 Å². The minimum atomic E-state index is -4.31. The number of hydrogen-bond donors (Lipinski definition) is 1. The van der Waals surface area contributed by atoms with E-state index in [1.807, 2.05) is 6.92 Å². The van der Waals surface area contributed by atoms with Crippen LogP contribution < -0.4 is 5.32 Å². The van der Waals surface area contributed by atoms with Gasteiger partial charge in [0.15, 0.2) is 0 Å². The summed E-state index contributed by atoms with van der Waals surface area (Å²) >= 11 is 0. The van der Waals surface area contributed by atoms with Crippen molar-refractivity contribution < 1.29 is 17.9 Å². The van der Waals surface area contributed by atoms with Gasteiger partial charge in [-0.3, -0.25) is 0 Å². The van der Waals surface area contributed by atoms with Crippen LogP contribution in [0.2, 0.25) is 0 Å². The molecule has 1 aromatic rings. The van der Waals surface area contributed by atoms with Gasteiger partial charge in [0.1, 0.15) is 0 Å². The second-order valence-electron chi connectivity index (χ2n) is 4.34. The van der Waals surface area contributed by atoms with Gasteiger partial charge in [-0.05, 0) is 18.6 Å². The molecule has 19 heavy (non-hydrogen) atoms. The van der Waals surface area contributed by atoms with Crippen LogP contribution in [0.15, 0.2) is 36.4 Å². The number of benzene rings is 1. The van der Waals surface area contributed by atoms with E-state index < -0.39 is 11.7 Å². The molecule has 0 bridgehead atoms. The van der Waals surface area contributed by atoms with Crippen LogP contribution in [-0.2, 0) is 17.5 Å². The van der Waals surface area contributed by atoms with Crippen LogP contribution in [0.1, 0.15) is 18.1 Å². The van der Waals surface area contributed by atoms with Gasteiger partial charge in [-0.25, -0.2) is 0 Å². The van der Waals surface area contributed by atoms with Crippen LogP contribution in [0.4, 0.5) is 13.2 Å². The zero-order valence-electron chi connectivity index (χ0n) is 10.9. The lowest BCUT2D eigenvalue weighted by atomic mass is 10.1. The largest absolute Gasteiger partial charge is 0.416 e. The van der Waals surface area contributed by atoms with E-state index in [1.54, 1.807) is 6.07 Å². The molecule has 0 aliphatic carbocycles. The molecule has 0 saturated heterocycles. The lowest BCUT2D eigenvalue weighted by Crippen LogP contribution is -2.21. The van der Waals surface area contributed by atoms with Crippen LogP contribution in [0, 0.1) is 0 Å². The van der Waals surface area contributed by atoms with Crippen LogP contribution in [0.3, 0.4) is 0 Å². The maximum Gasteiger partial charge on any atom is 0.416 e. The summed E-state index contributed by atoms with van der Waals surface area (Å²) in [6.07, 6.45) is -4.31. The van der Waals surface area contributed by atoms with Crippen LogP contribution in [0.5, 0.6) is 0 Å². The van der Waals surface area contributed by atoms with Crippen LogP contribution >= 0.6 is 0 Å². The second-order valence-corrected chi connectivity index (χ2v) is 4.34. The lowest BCUT2D eigenvalue weighted by Gasteiger charge is -2.13. The van der Waals surface area contributed by atoms with Gasteiger partial charge in [-0.1, -0.05) is 30.4 Å². The molecule has 1 rings (SSSR count). The van der Waals surface area contributed by atoms with Crippen molar-refractivity contribution in [2.24, 2.45) is 0 Å². The molecule has 0 unspecified atom stereocenters. The minimum absolute atomic E-state index is 0.173. The molecule has 0 heterocycles. The minimum Gasteiger partial charge on any atom is -0.376 e. The summed E-state index contributed by atoms with van der Waals surface area (Å²) in [6, 6.07) is 5.56. The smallest absolute Gasteiger partial charge is 0.376 e. The monoisotopic (exact) mass is 273 g/mol. The number of rotatable bonds is 7. The van der Waals surface area contributed by atoms with Crippen molar-refractivity contribution in [3.8, 4) is 0 Å². The summed E-state index contributed by atoms with van der Waals surface area (Å²) in [5.74, 6) is 0. The highest BCUT2D eigenvalue weighted by molar-refractivity contribution is 5.29. The highest BCUT2D eigenvalue weighted by Gasteiger charge is 2.32. The Labute approximate surface area is 111 Å². The number of halogens is 3. The first-order valence-corrected chi connectivity index (χ1v) is 5.99. The van der Waals surface area contributed by atoms with Crippen molar-refractivity contribution in [3.05, 3.63) is 47.5 Å². The molecule has 106 valence electrons. The van der Waals surface area contributed by atoms with E-state index in [2.05, 4.69) is 11.9 Å². The predicted octanol–water partition coefficient (Wildman–Crippen LogP) is 3.39. The molecule has 0 spiro atoms. The Bertz CT molecular complexity index is 415. The molecule has 2 nitrogen and oxygen atoms in total. The first-order chi connectivity index (χ1) is 8.91. The summed E-state index contributed by atoms with van der Waals surface area (Å²) < 4.78 is 43.4. The first kappa shape index (κ1) is 15.7. The average Bonchev–Trinajstić information content (AvgIpc) is 2.32. The topological polar surface area (TPSA) is 21.3 Å².